The molecule has 0 bridgehead atoms. The topological polar surface area (TPSA) is 283 Å². The maximum Gasteiger partial charge on any atom is 0.573 e. The summed E-state index contributed by atoms with van der Waals surface area (Å²) < 4.78 is 242. The molecule has 0 aliphatic heterocycles. The Morgan fingerprint density at radius 1 is 0.262 bits per heavy atom. The lowest BCUT2D eigenvalue weighted by Gasteiger charge is -2.24. The molecular weight excluding hydrogens is 1710 g/mol. The first-order chi connectivity index (χ1) is 61.9. The van der Waals surface area contributed by atoms with Crippen molar-refractivity contribution in [3.63, 3.8) is 0 Å². The summed E-state index contributed by atoms with van der Waals surface area (Å²) in [5, 5.41) is 104. The average molecular weight is 1740 g/mol. The Hall–Kier alpha value is -19.6. The predicted molar refractivity (Wildman–Crippen MR) is 434 cm³/mol. The van der Waals surface area contributed by atoms with E-state index < -0.39 is 205 Å². The Balaban J connectivity index is 0.000000222. The van der Waals surface area contributed by atoms with Gasteiger partial charge in [0.2, 0.25) is 11.4 Å². The van der Waals surface area contributed by atoms with Gasteiger partial charge in [0.25, 0.3) is 0 Å². The molecule has 0 saturated carbocycles. The number of alkyl halides is 12. The highest BCUT2D eigenvalue weighted by Gasteiger charge is 2.48. The van der Waals surface area contributed by atoms with E-state index in [0.29, 0.717) is 24.3 Å². The summed E-state index contributed by atoms with van der Waals surface area (Å²) in [7, 11) is 0. The van der Waals surface area contributed by atoms with E-state index in [1.54, 1.807) is 24.3 Å². The van der Waals surface area contributed by atoms with Gasteiger partial charge in [0.1, 0.15) is 59.6 Å². The molecular formula is C96H28F16N16O2. The molecule has 0 aromatic heterocycles. The van der Waals surface area contributed by atoms with Crippen molar-refractivity contribution < 1.29 is 79.7 Å². The van der Waals surface area contributed by atoms with Gasteiger partial charge in [-0.1, -0.05) is 84.9 Å². The van der Waals surface area contributed by atoms with E-state index in [1.807, 2.05) is 36.4 Å². The van der Waals surface area contributed by atoms with Gasteiger partial charge in [-0.25, -0.2) is 46.6 Å². The van der Waals surface area contributed by atoms with Gasteiger partial charge in [0.15, 0.2) is 34.4 Å². The lowest BCUT2D eigenvalue weighted by molar-refractivity contribution is -0.275. The quantitative estimate of drug-likeness (QED) is 0.0702. The highest BCUT2D eigenvalue weighted by atomic mass is 19.4. The fourth-order valence-electron chi connectivity index (χ4n) is 15.2. The third-order valence-electron chi connectivity index (χ3n) is 20.2. The number of hydrogen-bond acceptors (Lipinski definition) is 12. The molecule has 34 heteroatoms. The first-order valence-corrected chi connectivity index (χ1v) is 36.0. The van der Waals surface area contributed by atoms with Crippen LogP contribution in [-0.4, -0.2) is 12.7 Å². The number of fused-ring (bicyclic) bond motifs is 4. The zero-order chi connectivity index (χ0) is 94.2. The first kappa shape index (κ1) is 88.2. The third-order valence-corrected chi connectivity index (χ3v) is 20.2. The molecule has 0 atom stereocenters. The van der Waals surface area contributed by atoms with Gasteiger partial charge < -0.3 is 9.47 Å². The molecule has 10 aromatic carbocycles. The summed E-state index contributed by atoms with van der Waals surface area (Å²) >= 11 is 0. The number of ether oxygens (including phenoxy) is 2. The Morgan fingerprint density at radius 2 is 0.500 bits per heavy atom. The number of nitrogens with zero attached hydrogens (tertiary/aromatic N) is 16. The number of benzene rings is 10. The lowest BCUT2D eigenvalue weighted by atomic mass is 9.78. The van der Waals surface area contributed by atoms with E-state index in [4.69, 9.17) is 39.4 Å². The number of hydrogen-bond donors (Lipinski definition) is 0. The number of halogens is 16. The average Bonchev–Trinajstić information content (AvgIpc) is 1.53. The fourth-order valence-corrected chi connectivity index (χ4v) is 15.2. The molecule has 0 amide bonds. The van der Waals surface area contributed by atoms with Gasteiger partial charge in [-0.2, -0.15) is 79.0 Å². The fraction of sp³-hybridized carbons (Fsp3) is 0.0417. The van der Waals surface area contributed by atoms with Gasteiger partial charge >= 0.3 is 25.1 Å². The van der Waals surface area contributed by atoms with Crippen LogP contribution in [0.5, 0.6) is 11.5 Å². The molecule has 18 nitrogen and oxygen atoms in total. The van der Waals surface area contributed by atoms with Crippen LogP contribution < -0.4 is 9.47 Å². The standard InChI is InChI=1S/C48H14F8N8O2.C48H14F8N8/c1-62-29-15-28(16-30(17-29)63-2)34(21-60)40-42-37(26-6-10-32(11-7-26)66-48(54,55)56)41-38(35(22-61)44(49)39(41)33(20-59)27-13-23(18-57)12-24(14-27)19-58)36(43(42)46(64-3)45(40)50)25-4-8-31(9-5-25)65-47(51,52)53;1-62-31-15-28(16-32(17-31)63-2)34(21-60)40-42-37(26-6-10-30(11-7-26)48(54,55)56)41-38(36(43(42)46(64-3)45(40)50)25-4-8-29(9-5-25)47(51,52)53)35(22-61)44(49)39(41)33(20-59)27-13-23(18-57)12-24(14-27)19-58/h4-17H;4-17H/b2*39-33-,40-34-. The summed E-state index contributed by atoms with van der Waals surface area (Å²) in [6, 6.07) is 44.7. The van der Waals surface area contributed by atoms with E-state index in [9.17, 15) is 105 Å². The summed E-state index contributed by atoms with van der Waals surface area (Å²) in [4.78, 5) is 20.0. The second kappa shape index (κ2) is 34.0. The van der Waals surface area contributed by atoms with Crippen LogP contribution in [0.15, 0.2) is 193 Å². The number of rotatable bonds is 10. The first-order valence-electron chi connectivity index (χ1n) is 36.0. The van der Waals surface area contributed by atoms with E-state index in [1.165, 1.54) is 0 Å². The lowest BCUT2D eigenvalue weighted by Crippen LogP contribution is -2.17. The van der Waals surface area contributed by atoms with Crippen molar-refractivity contribution in [3.05, 3.63) is 362 Å². The Labute approximate surface area is 722 Å². The van der Waals surface area contributed by atoms with Gasteiger partial charge in [-0.15, -0.1) is 26.3 Å². The predicted octanol–water partition coefficient (Wildman–Crippen LogP) is 26.9. The number of nitriles is 10. The van der Waals surface area contributed by atoms with Crippen LogP contribution in [0, 0.1) is 153 Å². The zero-order valence-electron chi connectivity index (χ0n) is 64.2. The molecule has 0 radical (unpaired) electrons. The van der Waals surface area contributed by atoms with Crippen molar-refractivity contribution in [1.29, 1.82) is 52.6 Å². The van der Waals surface area contributed by atoms with Crippen LogP contribution in [0.2, 0.25) is 0 Å². The largest absolute Gasteiger partial charge is 0.573 e. The molecule has 4 aliphatic rings. The summed E-state index contributed by atoms with van der Waals surface area (Å²) in [6.07, 6.45) is -20.2. The molecule has 0 unspecified atom stereocenters. The Kier molecular flexibility index (Phi) is 23.1. The van der Waals surface area contributed by atoms with Crippen LogP contribution in [0.3, 0.4) is 0 Å². The van der Waals surface area contributed by atoms with Crippen molar-refractivity contribution in [2.75, 3.05) is 0 Å². The molecule has 4 aliphatic carbocycles. The monoisotopic (exact) mass is 1740 g/mol. The SMILES string of the molecule is [C-]#[N+]C1=C(F)/C(=C(/C#N)c2cc([N+]#[C-])cc([N+]#[C-])c2)c2c1c(-c1ccc(C(F)(F)F)cc1)c1c(c2-c2ccc(C(F)(F)F)cc2)/C(=C(\C#N)c2cc(C#N)cc(C#N)c2)C(F)=C1C#N.[C-]#[N+]C1=C(F)/C(=C(/C#N)c2cc([N+]#[C-])cc([N+]#[C-])c2)c2c1c(-c1ccc(OC(F)(F)F)cc1)c1c(c2-c2ccc(OC(F)(F)F)cc2)/C(=C(\C#N)c2cc(C#N)cc(C#N)c2)C(F)=C1C#N. The van der Waals surface area contributed by atoms with Crippen molar-refractivity contribution in [1.82, 2.24) is 0 Å². The maximum absolute atomic E-state index is 17.6. The van der Waals surface area contributed by atoms with Crippen LogP contribution >= 0.6 is 0 Å². The smallest absolute Gasteiger partial charge is 0.406 e. The van der Waals surface area contributed by atoms with Crippen LogP contribution in [0.4, 0.5) is 93.0 Å². The van der Waals surface area contributed by atoms with Crippen molar-refractivity contribution in [3.8, 4) is 117 Å². The Morgan fingerprint density at radius 3 is 0.723 bits per heavy atom. The van der Waals surface area contributed by atoms with Gasteiger partial charge in [0.05, 0.1) is 131 Å². The van der Waals surface area contributed by atoms with E-state index in [0.717, 1.165) is 146 Å². The van der Waals surface area contributed by atoms with E-state index in [2.05, 4.69) is 38.5 Å². The minimum atomic E-state index is -5.20. The van der Waals surface area contributed by atoms with Crippen molar-refractivity contribution in [2.24, 2.45) is 0 Å². The van der Waals surface area contributed by atoms with Crippen LogP contribution in [0.1, 0.15) is 100 Å². The van der Waals surface area contributed by atoms with E-state index >= 15 is 17.6 Å². The molecule has 616 valence electrons. The van der Waals surface area contributed by atoms with Crippen molar-refractivity contribution >= 4 is 89.9 Å². The molecule has 14 rings (SSSR count). The summed E-state index contributed by atoms with van der Waals surface area (Å²) in [5.74, 6) is -7.37. The molecule has 0 N–H and O–H groups in total. The normalized spacial score (nSPS) is 14.3. The molecule has 0 fully saturated rings. The van der Waals surface area contributed by atoms with Gasteiger partial charge in [-0.05, 0) is 163 Å². The Bertz CT molecular complexity index is 7380. The minimum Gasteiger partial charge on any atom is -0.406 e. The van der Waals surface area contributed by atoms with Crippen LogP contribution in [0.25, 0.3) is 141 Å². The minimum absolute atomic E-state index is 0.186. The van der Waals surface area contributed by atoms with Gasteiger partial charge in [-0.3, -0.25) is 0 Å². The molecule has 130 heavy (non-hydrogen) atoms. The van der Waals surface area contributed by atoms with Gasteiger partial charge in [0, 0.05) is 55.7 Å². The summed E-state index contributed by atoms with van der Waals surface area (Å²) in [6.45, 7) is 46.8. The molecule has 10 aromatic rings. The second-order valence-electron chi connectivity index (χ2n) is 27.4. The molecule has 0 heterocycles. The molecule has 0 spiro atoms. The zero-order valence-corrected chi connectivity index (χ0v) is 64.2. The third kappa shape index (κ3) is 15.7. The van der Waals surface area contributed by atoms with E-state index in [-0.39, 0.29) is 89.5 Å². The van der Waals surface area contributed by atoms with Crippen molar-refractivity contribution in [2.45, 2.75) is 25.1 Å². The van der Waals surface area contributed by atoms with Crippen LogP contribution in [-0.2, 0) is 12.4 Å². The highest BCUT2D eigenvalue weighted by Crippen LogP contribution is 2.65. The molecule has 0 saturated heterocycles. The second-order valence-corrected chi connectivity index (χ2v) is 27.4. The highest BCUT2D eigenvalue weighted by molar-refractivity contribution is 6.27. The number of allylic oxidation sites excluding steroid dienone is 14. The summed E-state index contributed by atoms with van der Waals surface area (Å²) in [5.41, 5.74) is -21.1. The maximum atomic E-state index is 17.6.